The molecule has 2 aliphatic heterocycles. The Balaban J connectivity index is 2.30. The summed E-state index contributed by atoms with van der Waals surface area (Å²) < 4.78 is 0. The molecule has 0 amide bonds. The van der Waals surface area contributed by atoms with Gasteiger partial charge in [-0.05, 0) is 0 Å². The third-order valence-electron chi connectivity index (χ3n) is 2.01. The minimum Gasteiger partial charge on any atom is -0.304 e. The van der Waals surface area contributed by atoms with Crippen LogP contribution in [0.1, 0.15) is 11.4 Å². The van der Waals surface area contributed by atoms with E-state index in [-0.39, 0.29) is 11.9 Å². The molecule has 0 aliphatic carbocycles. The summed E-state index contributed by atoms with van der Waals surface area (Å²) in [4.78, 5) is 28.4. The number of hydrogen-bond donors (Lipinski definition) is 2. The predicted octanol–water partition coefficient (Wildman–Crippen LogP) is -0.707. The van der Waals surface area contributed by atoms with Crippen LogP contribution in [-0.2, 0) is 0 Å². The largest absolute Gasteiger partial charge is 0.323 e. The molecule has 2 N–H and O–H groups in total. The molecular formula is C7H5N5O. The molecule has 0 fully saturated rings. The Hall–Kier alpha value is -1.98. The molecule has 1 atom stereocenters. The quantitative estimate of drug-likeness (QED) is 0.536. The summed E-state index contributed by atoms with van der Waals surface area (Å²) in [5.74, 6) is 0. The van der Waals surface area contributed by atoms with E-state index in [0.29, 0.717) is 17.1 Å². The lowest BCUT2D eigenvalue weighted by Gasteiger charge is -2.09. The first-order valence-electron chi connectivity index (χ1n) is 3.80. The van der Waals surface area contributed by atoms with Crippen molar-refractivity contribution in [3.63, 3.8) is 0 Å². The van der Waals surface area contributed by atoms with Crippen LogP contribution >= 0.6 is 0 Å². The Bertz CT molecular complexity index is 503. The highest BCUT2D eigenvalue weighted by atomic mass is 16.1. The van der Waals surface area contributed by atoms with E-state index in [4.69, 9.17) is 0 Å². The molecule has 3 heterocycles. The first kappa shape index (κ1) is 6.53. The molecule has 64 valence electrons. The maximum atomic E-state index is 11.0. The summed E-state index contributed by atoms with van der Waals surface area (Å²) in [5.41, 5.74) is 1.83. The van der Waals surface area contributed by atoms with Gasteiger partial charge in [0, 0.05) is 0 Å². The van der Waals surface area contributed by atoms with Gasteiger partial charge in [-0.25, -0.2) is 14.8 Å². The smallest absolute Gasteiger partial charge is 0.304 e. The molecule has 0 radical (unpaired) electrons. The van der Waals surface area contributed by atoms with Crippen LogP contribution in [0, 0.1) is 0 Å². The van der Waals surface area contributed by atoms with Gasteiger partial charge in [0.15, 0.2) is 6.17 Å². The van der Waals surface area contributed by atoms with Gasteiger partial charge in [0.25, 0.3) is 0 Å². The van der Waals surface area contributed by atoms with Crippen LogP contribution in [0.4, 0.5) is 0 Å². The maximum absolute atomic E-state index is 11.0. The predicted molar refractivity (Wildman–Crippen MR) is 47.8 cm³/mol. The highest BCUT2D eigenvalue weighted by Crippen LogP contribution is 2.15. The summed E-state index contributed by atoms with van der Waals surface area (Å²) in [5, 5.41) is 0. The number of hydrogen-bond acceptors (Lipinski definition) is 4. The molecule has 0 bridgehead atoms. The lowest BCUT2D eigenvalue weighted by Crippen LogP contribution is -2.21. The van der Waals surface area contributed by atoms with Gasteiger partial charge in [0.2, 0.25) is 0 Å². The molecule has 6 nitrogen and oxygen atoms in total. The average Bonchev–Trinajstić information content (AvgIpc) is 2.65. The summed E-state index contributed by atoms with van der Waals surface area (Å²) in [6, 6.07) is 0. The Morgan fingerprint density at radius 3 is 3.15 bits per heavy atom. The van der Waals surface area contributed by atoms with E-state index in [1.165, 1.54) is 6.34 Å². The zero-order chi connectivity index (χ0) is 8.84. The van der Waals surface area contributed by atoms with E-state index in [9.17, 15) is 4.79 Å². The van der Waals surface area contributed by atoms with Crippen molar-refractivity contribution in [2.24, 2.45) is 15.0 Å². The number of nitrogens with one attached hydrogen (secondary N) is 2. The van der Waals surface area contributed by atoms with E-state index in [1.54, 1.807) is 6.21 Å². The van der Waals surface area contributed by atoms with Crippen molar-refractivity contribution < 1.29 is 0 Å². The average molecular weight is 175 g/mol. The molecule has 1 aromatic heterocycles. The Kier molecular flexibility index (Phi) is 1.02. The fourth-order valence-electron chi connectivity index (χ4n) is 1.44. The van der Waals surface area contributed by atoms with Crippen LogP contribution < -0.4 is 5.69 Å². The van der Waals surface area contributed by atoms with Gasteiger partial charge in [0.05, 0.1) is 17.6 Å². The minimum atomic E-state index is -0.265. The number of aliphatic imine (C=N–C) groups is 3. The molecule has 2 aliphatic rings. The Morgan fingerprint density at radius 1 is 1.31 bits per heavy atom. The standard InChI is InChI=1S/C7H5N5O/c13-7-11-3-1-8-6-5(4(3)12-7)9-2-10-6/h1-2,6H,(H2,11,12,13). The molecule has 0 saturated heterocycles. The van der Waals surface area contributed by atoms with Crippen LogP contribution in [0.2, 0.25) is 0 Å². The summed E-state index contributed by atoms with van der Waals surface area (Å²) in [6.45, 7) is 0. The van der Waals surface area contributed by atoms with E-state index in [0.717, 1.165) is 0 Å². The van der Waals surface area contributed by atoms with Gasteiger partial charge in [0.1, 0.15) is 12.1 Å². The summed E-state index contributed by atoms with van der Waals surface area (Å²) >= 11 is 0. The van der Waals surface area contributed by atoms with E-state index < -0.39 is 0 Å². The second-order valence-electron chi connectivity index (χ2n) is 2.80. The molecule has 1 aromatic rings. The lowest BCUT2D eigenvalue weighted by atomic mass is 10.1. The van der Waals surface area contributed by atoms with Crippen molar-refractivity contribution >= 4 is 18.3 Å². The summed E-state index contributed by atoms with van der Waals surface area (Å²) in [7, 11) is 0. The van der Waals surface area contributed by atoms with Crippen molar-refractivity contribution in [1.82, 2.24) is 9.97 Å². The number of nitrogens with zero attached hydrogens (tertiary/aromatic N) is 3. The van der Waals surface area contributed by atoms with Crippen molar-refractivity contribution in [2.45, 2.75) is 6.17 Å². The minimum absolute atomic E-state index is 0.244. The van der Waals surface area contributed by atoms with Gasteiger partial charge in [-0.3, -0.25) is 4.99 Å². The number of imidazole rings is 1. The zero-order valence-corrected chi connectivity index (χ0v) is 6.48. The topological polar surface area (TPSA) is 85.7 Å². The third-order valence-corrected chi connectivity index (χ3v) is 2.01. The number of aromatic nitrogens is 2. The highest BCUT2D eigenvalue weighted by molar-refractivity contribution is 6.15. The van der Waals surface area contributed by atoms with E-state index in [1.807, 2.05) is 0 Å². The number of H-pyrrole nitrogens is 2. The molecule has 0 aromatic carbocycles. The molecule has 1 unspecified atom stereocenters. The van der Waals surface area contributed by atoms with Crippen LogP contribution in [0.25, 0.3) is 0 Å². The second kappa shape index (κ2) is 2.03. The van der Waals surface area contributed by atoms with Gasteiger partial charge in [-0.1, -0.05) is 0 Å². The third kappa shape index (κ3) is 0.765. The first-order valence-corrected chi connectivity index (χ1v) is 3.80. The van der Waals surface area contributed by atoms with Gasteiger partial charge < -0.3 is 9.97 Å². The normalized spacial score (nSPS) is 22.8. The van der Waals surface area contributed by atoms with E-state index >= 15 is 0 Å². The molecule has 0 saturated carbocycles. The van der Waals surface area contributed by atoms with Gasteiger partial charge in [-0.15, -0.1) is 0 Å². The van der Waals surface area contributed by atoms with Crippen LogP contribution in [0.15, 0.2) is 19.8 Å². The monoisotopic (exact) mass is 175 g/mol. The van der Waals surface area contributed by atoms with E-state index in [2.05, 4.69) is 24.9 Å². The maximum Gasteiger partial charge on any atom is 0.323 e. The molecular weight excluding hydrogens is 170 g/mol. The zero-order valence-electron chi connectivity index (χ0n) is 6.48. The van der Waals surface area contributed by atoms with Gasteiger partial charge in [-0.2, -0.15) is 0 Å². The second-order valence-corrected chi connectivity index (χ2v) is 2.80. The fourth-order valence-corrected chi connectivity index (χ4v) is 1.44. The molecule has 6 heteroatoms. The Morgan fingerprint density at radius 2 is 2.23 bits per heavy atom. The highest BCUT2D eigenvalue weighted by Gasteiger charge is 2.26. The van der Waals surface area contributed by atoms with Crippen LogP contribution in [-0.4, -0.2) is 34.4 Å². The van der Waals surface area contributed by atoms with Crippen molar-refractivity contribution in [1.29, 1.82) is 0 Å². The van der Waals surface area contributed by atoms with Crippen LogP contribution in [0.3, 0.4) is 0 Å². The summed E-state index contributed by atoms with van der Waals surface area (Å²) in [6.07, 6.45) is 2.79. The lowest BCUT2D eigenvalue weighted by molar-refractivity contribution is 0.940. The SMILES string of the molecule is O=c1[nH]c2c([nH]1)C1=NC=NC1N=C2. The molecule has 13 heavy (non-hydrogen) atoms. The number of aromatic amines is 2. The van der Waals surface area contributed by atoms with Crippen molar-refractivity contribution in [3.05, 3.63) is 21.9 Å². The molecule has 0 spiro atoms. The first-order chi connectivity index (χ1) is 6.34. The van der Waals surface area contributed by atoms with Crippen molar-refractivity contribution in [2.75, 3.05) is 0 Å². The fraction of sp³-hybridized carbons (Fsp3) is 0.143. The van der Waals surface area contributed by atoms with Gasteiger partial charge >= 0.3 is 5.69 Å². The van der Waals surface area contributed by atoms with Crippen molar-refractivity contribution in [3.8, 4) is 0 Å². The molecule has 3 rings (SSSR count). The number of fused-ring (bicyclic) bond motifs is 3. The number of rotatable bonds is 0. The van der Waals surface area contributed by atoms with Crippen LogP contribution in [0.5, 0.6) is 0 Å². The Labute approximate surface area is 72.2 Å².